The maximum Gasteiger partial charge on any atom is 0.253 e. The smallest absolute Gasteiger partial charge is 0.253 e. The molecular formula is C17H25N5O2. The van der Waals surface area contributed by atoms with E-state index in [2.05, 4.69) is 10.3 Å². The number of carbonyl (C=O) groups is 1. The van der Waals surface area contributed by atoms with E-state index in [0.717, 1.165) is 51.6 Å². The molecule has 1 saturated carbocycles. The van der Waals surface area contributed by atoms with Gasteiger partial charge in [0, 0.05) is 25.3 Å². The number of nitrogens with zero attached hydrogens (tertiary/aromatic N) is 2. The van der Waals surface area contributed by atoms with Crippen LogP contribution in [-0.4, -0.2) is 52.0 Å². The van der Waals surface area contributed by atoms with Crippen LogP contribution in [0.4, 0.5) is 5.82 Å². The van der Waals surface area contributed by atoms with Crippen molar-refractivity contribution in [3.63, 3.8) is 0 Å². The second-order valence-corrected chi connectivity index (χ2v) is 6.68. The van der Waals surface area contributed by atoms with Gasteiger partial charge in [0.15, 0.2) is 0 Å². The van der Waals surface area contributed by atoms with Gasteiger partial charge in [-0.2, -0.15) is 0 Å². The number of anilines is 1. The number of hydrogen-bond acceptors (Lipinski definition) is 5. The molecule has 0 radical (unpaired) electrons. The van der Waals surface area contributed by atoms with Crippen molar-refractivity contribution in [1.82, 2.24) is 15.2 Å². The number of rotatable bonds is 3. The molecule has 1 aromatic rings. The van der Waals surface area contributed by atoms with Crippen LogP contribution in [0.2, 0.25) is 0 Å². The van der Waals surface area contributed by atoms with Crippen molar-refractivity contribution in [1.29, 1.82) is 5.41 Å². The predicted molar refractivity (Wildman–Crippen MR) is 92.0 cm³/mol. The second kappa shape index (κ2) is 7.17. The first-order valence-electron chi connectivity index (χ1n) is 8.63. The largest absolute Gasteiger partial charge is 0.393 e. The minimum absolute atomic E-state index is 0.0833. The van der Waals surface area contributed by atoms with Crippen LogP contribution in [0, 0.1) is 5.41 Å². The maximum atomic E-state index is 12.5. The Morgan fingerprint density at radius 1 is 1.29 bits per heavy atom. The van der Waals surface area contributed by atoms with Gasteiger partial charge in [-0.15, -0.1) is 0 Å². The molecule has 0 bridgehead atoms. The van der Waals surface area contributed by atoms with Crippen LogP contribution in [-0.2, 0) is 0 Å². The molecule has 0 atom stereocenters. The molecule has 1 aliphatic carbocycles. The molecule has 1 aromatic heterocycles. The summed E-state index contributed by atoms with van der Waals surface area (Å²) in [6.45, 7) is 1.69. The Labute approximate surface area is 141 Å². The van der Waals surface area contributed by atoms with Crippen LogP contribution in [0.3, 0.4) is 0 Å². The molecule has 5 N–H and O–H groups in total. The van der Waals surface area contributed by atoms with E-state index < -0.39 is 0 Å². The fourth-order valence-electron chi connectivity index (χ4n) is 3.39. The third-order valence-electron chi connectivity index (χ3n) is 4.89. The van der Waals surface area contributed by atoms with Crippen molar-refractivity contribution >= 4 is 17.6 Å². The van der Waals surface area contributed by atoms with E-state index in [1.165, 1.54) is 6.20 Å². The van der Waals surface area contributed by atoms with Gasteiger partial charge in [-0.05, 0) is 44.6 Å². The monoisotopic (exact) mass is 331 g/mol. The highest BCUT2D eigenvalue weighted by molar-refractivity contribution is 6.03. The number of hydrogen-bond donors (Lipinski definition) is 4. The number of nitrogens with one attached hydrogen (secondary N) is 2. The fourth-order valence-corrected chi connectivity index (χ4v) is 3.39. The van der Waals surface area contributed by atoms with Crippen LogP contribution in [0.1, 0.15) is 54.4 Å². The van der Waals surface area contributed by atoms with Gasteiger partial charge < -0.3 is 21.1 Å². The summed E-state index contributed by atoms with van der Waals surface area (Å²) in [6.07, 6.45) is 6.36. The van der Waals surface area contributed by atoms with Crippen molar-refractivity contribution in [2.75, 3.05) is 18.8 Å². The molecule has 7 nitrogen and oxygen atoms in total. The van der Waals surface area contributed by atoms with Crippen molar-refractivity contribution in [3.05, 3.63) is 23.4 Å². The highest BCUT2D eigenvalue weighted by Gasteiger charge is 2.23. The van der Waals surface area contributed by atoms with E-state index in [-0.39, 0.29) is 23.9 Å². The minimum Gasteiger partial charge on any atom is -0.393 e. The number of likely N-dealkylation sites (tertiary alicyclic amines) is 1. The molecule has 130 valence electrons. The highest BCUT2D eigenvalue weighted by Crippen LogP contribution is 2.20. The van der Waals surface area contributed by atoms with Gasteiger partial charge in [0.1, 0.15) is 11.7 Å². The van der Waals surface area contributed by atoms with E-state index in [4.69, 9.17) is 11.1 Å². The lowest BCUT2D eigenvalue weighted by Crippen LogP contribution is -2.38. The molecule has 2 fully saturated rings. The SMILES string of the molecule is N=C(c1cc(C(=O)NC2CCC(O)CC2)cnc1N)N1CCCC1. The van der Waals surface area contributed by atoms with Crippen LogP contribution in [0.15, 0.2) is 12.3 Å². The summed E-state index contributed by atoms with van der Waals surface area (Å²) in [6, 6.07) is 1.75. The number of pyridine rings is 1. The van der Waals surface area contributed by atoms with Gasteiger partial charge in [-0.1, -0.05) is 0 Å². The molecule has 2 aliphatic rings. The van der Waals surface area contributed by atoms with E-state index in [1.807, 2.05) is 4.90 Å². The molecule has 24 heavy (non-hydrogen) atoms. The summed E-state index contributed by atoms with van der Waals surface area (Å²) in [5.41, 5.74) is 6.86. The van der Waals surface area contributed by atoms with Crippen LogP contribution in [0.25, 0.3) is 0 Å². The van der Waals surface area contributed by atoms with E-state index in [1.54, 1.807) is 6.07 Å². The zero-order valence-electron chi connectivity index (χ0n) is 13.8. The maximum absolute atomic E-state index is 12.5. The molecule has 1 amide bonds. The number of nitrogen functional groups attached to an aromatic ring is 1. The predicted octanol–water partition coefficient (Wildman–Crippen LogP) is 1.12. The Morgan fingerprint density at radius 3 is 2.62 bits per heavy atom. The molecule has 0 aromatic carbocycles. The molecule has 1 aliphatic heterocycles. The number of carbonyl (C=O) groups excluding carboxylic acids is 1. The molecule has 1 saturated heterocycles. The van der Waals surface area contributed by atoms with Crippen LogP contribution in [0.5, 0.6) is 0 Å². The van der Waals surface area contributed by atoms with Gasteiger partial charge in [-0.25, -0.2) is 4.98 Å². The average Bonchev–Trinajstić information content (AvgIpc) is 3.11. The number of amidine groups is 1. The van der Waals surface area contributed by atoms with Crippen molar-refractivity contribution in [2.24, 2.45) is 0 Å². The van der Waals surface area contributed by atoms with E-state index in [9.17, 15) is 9.90 Å². The van der Waals surface area contributed by atoms with Crippen molar-refractivity contribution in [3.8, 4) is 0 Å². The topological polar surface area (TPSA) is 115 Å². The first kappa shape index (κ1) is 16.7. The standard InChI is InChI=1S/C17H25N5O2/c18-15-14(16(19)22-7-1-2-8-22)9-11(10-20-15)17(24)21-12-3-5-13(23)6-4-12/h9-10,12-13,19,23H,1-8H2,(H2,18,20)(H,21,24). The number of aromatic nitrogens is 1. The Morgan fingerprint density at radius 2 is 1.96 bits per heavy atom. The third kappa shape index (κ3) is 3.67. The summed E-state index contributed by atoms with van der Waals surface area (Å²) in [4.78, 5) is 18.5. The van der Waals surface area contributed by atoms with Crippen LogP contribution >= 0.6 is 0 Å². The third-order valence-corrected chi connectivity index (χ3v) is 4.89. The Hall–Kier alpha value is -2.15. The van der Waals surface area contributed by atoms with Gasteiger partial charge >= 0.3 is 0 Å². The second-order valence-electron chi connectivity index (χ2n) is 6.68. The van der Waals surface area contributed by atoms with Gasteiger partial charge in [0.2, 0.25) is 0 Å². The minimum atomic E-state index is -0.246. The Kier molecular flexibility index (Phi) is 4.99. The number of aliphatic hydroxyl groups is 1. The molecule has 3 rings (SSSR count). The fraction of sp³-hybridized carbons (Fsp3) is 0.588. The Bertz CT molecular complexity index is 619. The zero-order chi connectivity index (χ0) is 17.1. The zero-order valence-corrected chi connectivity index (χ0v) is 13.8. The quantitative estimate of drug-likeness (QED) is 0.489. The van der Waals surface area contributed by atoms with Crippen LogP contribution < -0.4 is 11.1 Å². The normalized spacial score (nSPS) is 24.0. The van der Waals surface area contributed by atoms with Gasteiger partial charge in [0.25, 0.3) is 5.91 Å². The first-order valence-corrected chi connectivity index (χ1v) is 8.63. The number of amides is 1. The Balaban J connectivity index is 1.70. The van der Waals surface area contributed by atoms with Crippen molar-refractivity contribution in [2.45, 2.75) is 50.7 Å². The molecule has 0 spiro atoms. The number of aliphatic hydroxyl groups excluding tert-OH is 1. The lowest BCUT2D eigenvalue weighted by Gasteiger charge is -2.26. The summed E-state index contributed by atoms with van der Waals surface area (Å²) in [5.74, 6) is 0.427. The molecule has 7 heteroatoms. The van der Waals surface area contributed by atoms with E-state index in [0.29, 0.717) is 17.0 Å². The lowest BCUT2D eigenvalue weighted by atomic mass is 9.93. The summed E-state index contributed by atoms with van der Waals surface area (Å²) in [5, 5.41) is 20.9. The lowest BCUT2D eigenvalue weighted by molar-refractivity contribution is 0.0867. The summed E-state index contributed by atoms with van der Waals surface area (Å²) < 4.78 is 0. The summed E-state index contributed by atoms with van der Waals surface area (Å²) in [7, 11) is 0. The highest BCUT2D eigenvalue weighted by atomic mass is 16.3. The first-order chi connectivity index (χ1) is 11.5. The van der Waals surface area contributed by atoms with Gasteiger partial charge in [0.05, 0.1) is 17.2 Å². The van der Waals surface area contributed by atoms with Gasteiger partial charge in [-0.3, -0.25) is 10.2 Å². The van der Waals surface area contributed by atoms with E-state index >= 15 is 0 Å². The molecule has 0 unspecified atom stereocenters. The van der Waals surface area contributed by atoms with Crippen molar-refractivity contribution < 1.29 is 9.90 Å². The number of nitrogens with two attached hydrogens (primary N) is 1. The summed E-state index contributed by atoms with van der Waals surface area (Å²) >= 11 is 0. The molecular weight excluding hydrogens is 306 g/mol. The molecule has 2 heterocycles. The average molecular weight is 331 g/mol.